The fraction of sp³-hybridized carbons (Fsp3) is 0.167. The third-order valence-corrected chi connectivity index (χ3v) is 2.76. The molecular formula is C12H9F3N6. The molecule has 4 N–H and O–H groups in total. The van der Waals surface area contributed by atoms with Crippen molar-refractivity contribution in [1.82, 2.24) is 15.0 Å². The number of nitrogens with two attached hydrogens (primary N) is 1. The number of nitrogen functional groups attached to an aromatic ring is 1. The van der Waals surface area contributed by atoms with Crippen LogP contribution < -0.4 is 5.73 Å². The van der Waals surface area contributed by atoms with Crippen molar-refractivity contribution in [3.05, 3.63) is 35.2 Å². The second-order valence-electron chi connectivity index (χ2n) is 4.19. The predicted molar refractivity (Wildman–Crippen MR) is 67.3 cm³/mol. The van der Waals surface area contributed by atoms with Gasteiger partial charge in [0.2, 0.25) is 5.82 Å². The standard InChI is InChI=1S/C12H9F3N6/c1-5-7(2-16)8(9(21-5)10(17)18)6-3-19-11(20-4-6)12(13,14)15/h3-4,21H,1H3,(H3,17,18). The first-order valence-corrected chi connectivity index (χ1v) is 5.62. The smallest absolute Gasteiger partial charge is 0.382 e. The summed E-state index contributed by atoms with van der Waals surface area (Å²) in [5.41, 5.74) is 6.59. The van der Waals surface area contributed by atoms with Gasteiger partial charge in [-0.25, -0.2) is 9.97 Å². The van der Waals surface area contributed by atoms with Crippen molar-refractivity contribution in [2.75, 3.05) is 0 Å². The van der Waals surface area contributed by atoms with Crippen LogP contribution in [0.25, 0.3) is 11.1 Å². The topological polar surface area (TPSA) is 115 Å². The Balaban J connectivity index is 2.62. The number of nitrogens with one attached hydrogen (secondary N) is 2. The minimum Gasteiger partial charge on any atom is -0.382 e. The Hall–Kier alpha value is -2.89. The van der Waals surface area contributed by atoms with Gasteiger partial charge in [-0.2, -0.15) is 18.4 Å². The zero-order chi connectivity index (χ0) is 15.8. The maximum absolute atomic E-state index is 12.4. The number of hydrogen-bond donors (Lipinski definition) is 3. The van der Waals surface area contributed by atoms with Crippen molar-refractivity contribution < 1.29 is 13.2 Å². The van der Waals surface area contributed by atoms with Gasteiger partial charge in [-0.1, -0.05) is 0 Å². The maximum atomic E-state index is 12.4. The molecule has 0 fully saturated rings. The molecule has 0 aliphatic heterocycles. The summed E-state index contributed by atoms with van der Waals surface area (Å²) in [5, 5.41) is 16.6. The van der Waals surface area contributed by atoms with E-state index in [1.54, 1.807) is 6.92 Å². The molecule has 0 aromatic carbocycles. The highest BCUT2D eigenvalue weighted by molar-refractivity contribution is 6.01. The largest absolute Gasteiger partial charge is 0.451 e. The van der Waals surface area contributed by atoms with Gasteiger partial charge in [-0.3, -0.25) is 5.41 Å². The summed E-state index contributed by atoms with van der Waals surface area (Å²) in [6.07, 6.45) is -2.74. The average Bonchev–Trinajstić information content (AvgIpc) is 2.75. The van der Waals surface area contributed by atoms with Crippen molar-refractivity contribution >= 4 is 5.84 Å². The van der Waals surface area contributed by atoms with Gasteiger partial charge < -0.3 is 10.7 Å². The van der Waals surface area contributed by atoms with E-state index in [-0.39, 0.29) is 28.2 Å². The normalized spacial score (nSPS) is 11.2. The molecule has 0 saturated carbocycles. The van der Waals surface area contributed by atoms with E-state index in [0.29, 0.717) is 5.69 Å². The minimum absolute atomic E-state index is 0.146. The van der Waals surface area contributed by atoms with E-state index in [4.69, 9.17) is 16.4 Å². The molecule has 2 rings (SSSR count). The van der Waals surface area contributed by atoms with Crippen LogP contribution in [0.4, 0.5) is 13.2 Å². The average molecular weight is 294 g/mol. The summed E-state index contributed by atoms with van der Waals surface area (Å²) in [7, 11) is 0. The Labute approximate surface area is 117 Å². The number of H-pyrrole nitrogens is 1. The molecule has 0 amide bonds. The number of aromatic amines is 1. The lowest BCUT2D eigenvalue weighted by Crippen LogP contribution is -2.13. The number of rotatable bonds is 2. The van der Waals surface area contributed by atoms with Gasteiger partial charge in [0.15, 0.2) is 0 Å². The molecule has 0 atom stereocenters. The molecule has 2 heterocycles. The lowest BCUT2D eigenvalue weighted by molar-refractivity contribution is -0.144. The molecule has 9 heteroatoms. The molecule has 0 spiro atoms. The number of hydrogen-bond acceptors (Lipinski definition) is 4. The van der Waals surface area contributed by atoms with E-state index in [2.05, 4.69) is 15.0 Å². The number of aromatic nitrogens is 3. The molecule has 0 aliphatic rings. The van der Waals surface area contributed by atoms with Gasteiger partial charge in [0, 0.05) is 29.2 Å². The first-order chi connectivity index (χ1) is 9.75. The molecule has 21 heavy (non-hydrogen) atoms. The summed E-state index contributed by atoms with van der Waals surface area (Å²) in [5.74, 6) is -1.61. The molecule has 108 valence electrons. The minimum atomic E-state index is -4.64. The van der Waals surface area contributed by atoms with Gasteiger partial charge in [0.25, 0.3) is 0 Å². The molecule has 0 radical (unpaired) electrons. The first-order valence-electron chi connectivity index (χ1n) is 5.62. The predicted octanol–water partition coefficient (Wildman–Crippen LogP) is 1.95. The Bertz CT molecular complexity index is 736. The summed E-state index contributed by atoms with van der Waals surface area (Å²) < 4.78 is 37.3. The number of alkyl halides is 3. The van der Waals surface area contributed by atoms with Gasteiger partial charge in [-0.05, 0) is 6.92 Å². The maximum Gasteiger partial charge on any atom is 0.451 e. The van der Waals surface area contributed by atoms with Crippen LogP contribution in [0, 0.1) is 23.7 Å². The number of nitrogens with zero attached hydrogens (tertiary/aromatic N) is 3. The third-order valence-electron chi connectivity index (χ3n) is 2.76. The molecule has 2 aromatic heterocycles. The zero-order valence-electron chi connectivity index (χ0n) is 10.7. The SMILES string of the molecule is Cc1[nH]c(C(=N)N)c(-c2cnc(C(F)(F)F)nc2)c1C#N. The highest BCUT2D eigenvalue weighted by atomic mass is 19.4. The zero-order valence-corrected chi connectivity index (χ0v) is 10.7. The molecule has 0 saturated heterocycles. The van der Waals surface area contributed by atoms with E-state index in [0.717, 1.165) is 12.4 Å². The monoisotopic (exact) mass is 294 g/mol. The Morgan fingerprint density at radius 2 is 1.95 bits per heavy atom. The molecule has 0 aliphatic carbocycles. The summed E-state index contributed by atoms with van der Waals surface area (Å²) in [6, 6.07) is 1.92. The lowest BCUT2D eigenvalue weighted by Gasteiger charge is -2.06. The fourth-order valence-electron chi connectivity index (χ4n) is 1.86. The first kappa shape index (κ1) is 14.5. The molecule has 2 aromatic rings. The Kier molecular flexibility index (Phi) is 3.39. The van der Waals surface area contributed by atoms with Crippen LogP contribution in [0.2, 0.25) is 0 Å². The van der Waals surface area contributed by atoms with Crippen LogP contribution in [0.1, 0.15) is 22.8 Å². The van der Waals surface area contributed by atoms with Crippen molar-refractivity contribution in [2.45, 2.75) is 13.1 Å². The number of halogens is 3. The number of aryl methyl sites for hydroxylation is 1. The van der Waals surface area contributed by atoms with E-state index in [9.17, 15) is 13.2 Å². The quantitative estimate of drug-likeness (QED) is 0.580. The van der Waals surface area contributed by atoms with E-state index in [1.807, 2.05) is 6.07 Å². The highest BCUT2D eigenvalue weighted by Crippen LogP contribution is 2.31. The van der Waals surface area contributed by atoms with Crippen LogP contribution in [0.5, 0.6) is 0 Å². The van der Waals surface area contributed by atoms with Crippen LogP contribution in [-0.4, -0.2) is 20.8 Å². The lowest BCUT2D eigenvalue weighted by atomic mass is 10.0. The fourth-order valence-corrected chi connectivity index (χ4v) is 1.86. The Morgan fingerprint density at radius 1 is 1.38 bits per heavy atom. The van der Waals surface area contributed by atoms with Crippen molar-refractivity contribution in [1.29, 1.82) is 10.7 Å². The van der Waals surface area contributed by atoms with Crippen molar-refractivity contribution in [3.63, 3.8) is 0 Å². The molecule has 0 bridgehead atoms. The number of nitriles is 1. The van der Waals surface area contributed by atoms with Crippen molar-refractivity contribution in [2.24, 2.45) is 5.73 Å². The Morgan fingerprint density at radius 3 is 2.38 bits per heavy atom. The van der Waals surface area contributed by atoms with Crippen LogP contribution >= 0.6 is 0 Å². The second-order valence-corrected chi connectivity index (χ2v) is 4.19. The van der Waals surface area contributed by atoms with E-state index < -0.39 is 12.0 Å². The highest BCUT2D eigenvalue weighted by Gasteiger charge is 2.34. The van der Waals surface area contributed by atoms with Gasteiger partial charge in [0.1, 0.15) is 11.9 Å². The van der Waals surface area contributed by atoms with Crippen LogP contribution in [-0.2, 0) is 6.18 Å². The number of amidine groups is 1. The van der Waals surface area contributed by atoms with E-state index >= 15 is 0 Å². The summed E-state index contributed by atoms with van der Waals surface area (Å²) in [6.45, 7) is 1.60. The second kappa shape index (κ2) is 4.90. The molecule has 6 nitrogen and oxygen atoms in total. The van der Waals surface area contributed by atoms with Gasteiger partial charge in [0.05, 0.1) is 11.3 Å². The summed E-state index contributed by atoms with van der Waals surface area (Å²) >= 11 is 0. The van der Waals surface area contributed by atoms with Gasteiger partial charge >= 0.3 is 6.18 Å². The van der Waals surface area contributed by atoms with Crippen LogP contribution in [0.3, 0.4) is 0 Å². The molecular weight excluding hydrogens is 285 g/mol. The van der Waals surface area contributed by atoms with Crippen LogP contribution in [0.15, 0.2) is 12.4 Å². The van der Waals surface area contributed by atoms with Gasteiger partial charge in [-0.15, -0.1) is 0 Å². The van der Waals surface area contributed by atoms with Crippen molar-refractivity contribution in [3.8, 4) is 17.2 Å². The third kappa shape index (κ3) is 2.55. The van der Waals surface area contributed by atoms with E-state index in [1.165, 1.54) is 0 Å². The molecule has 0 unspecified atom stereocenters. The summed E-state index contributed by atoms with van der Waals surface area (Å²) in [4.78, 5) is 9.24.